The first-order valence-electron chi connectivity index (χ1n) is 9.30. The molecule has 1 aliphatic heterocycles. The van der Waals surface area contributed by atoms with Gasteiger partial charge in [0.15, 0.2) is 5.82 Å². The predicted molar refractivity (Wildman–Crippen MR) is 104 cm³/mol. The molecule has 0 radical (unpaired) electrons. The Kier molecular flexibility index (Phi) is 5.57. The van der Waals surface area contributed by atoms with Crippen molar-refractivity contribution in [3.63, 3.8) is 0 Å². The monoisotopic (exact) mass is 392 g/mol. The lowest BCUT2D eigenvalue weighted by molar-refractivity contribution is -0.124. The Balaban J connectivity index is 1.41. The Bertz CT molecular complexity index is 999. The van der Waals surface area contributed by atoms with Gasteiger partial charge in [0, 0.05) is 36.2 Å². The maximum atomic E-state index is 12.6. The molecular weight excluding hydrogens is 372 g/mol. The third kappa shape index (κ3) is 4.46. The van der Waals surface area contributed by atoms with Crippen LogP contribution in [0, 0.1) is 0 Å². The van der Waals surface area contributed by atoms with Crippen LogP contribution >= 0.6 is 0 Å². The normalized spacial score (nSPS) is 15.8. The molecule has 3 heterocycles. The summed E-state index contributed by atoms with van der Waals surface area (Å²) >= 11 is 0. The number of nitrogens with zero attached hydrogens (tertiary/aromatic N) is 4. The lowest BCUT2D eigenvalue weighted by atomic mass is 10.1. The molecule has 0 saturated carbocycles. The van der Waals surface area contributed by atoms with Crippen molar-refractivity contribution >= 4 is 17.5 Å². The summed E-state index contributed by atoms with van der Waals surface area (Å²) in [5.41, 5.74) is 1.80. The third-order valence-electron chi connectivity index (χ3n) is 4.56. The van der Waals surface area contributed by atoms with E-state index in [2.05, 4.69) is 25.7 Å². The number of nitrogens with one attached hydrogen (secondary N) is 2. The molecule has 148 valence electrons. The Morgan fingerprint density at radius 1 is 1.24 bits per heavy atom. The summed E-state index contributed by atoms with van der Waals surface area (Å²) < 4.78 is 6.93. The smallest absolute Gasteiger partial charge is 0.253 e. The van der Waals surface area contributed by atoms with E-state index >= 15 is 0 Å². The van der Waals surface area contributed by atoms with Gasteiger partial charge in [0.05, 0.1) is 0 Å². The number of pyridine rings is 1. The Morgan fingerprint density at radius 3 is 2.97 bits per heavy atom. The van der Waals surface area contributed by atoms with E-state index in [9.17, 15) is 9.59 Å². The average molecular weight is 392 g/mol. The van der Waals surface area contributed by atoms with Crippen LogP contribution in [0.2, 0.25) is 0 Å². The number of hydrogen-bond donors (Lipinski definition) is 2. The highest BCUT2D eigenvalue weighted by Gasteiger charge is 2.23. The van der Waals surface area contributed by atoms with E-state index in [-0.39, 0.29) is 18.4 Å². The van der Waals surface area contributed by atoms with Gasteiger partial charge < -0.3 is 15.4 Å². The molecule has 2 amide bonds. The Labute approximate surface area is 167 Å². The van der Waals surface area contributed by atoms with E-state index in [1.54, 1.807) is 47.5 Å². The van der Waals surface area contributed by atoms with Gasteiger partial charge in [-0.1, -0.05) is 12.1 Å². The lowest BCUT2D eigenvalue weighted by Crippen LogP contribution is -2.27. The van der Waals surface area contributed by atoms with Crippen LogP contribution in [0.3, 0.4) is 0 Å². The van der Waals surface area contributed by atoms with E-state index in [4.69, 9.17) is 4.74 Å². The van der Waals surface area contributed by atoms with Crippen molar-refractivity contribution in [1.82, 2.24) is 25.1 Å². The van der Waals surface area contributed by atoms with Crippen molar-refractivity contribution in [3.8, 4) is 5.82 Å². The minimum absolute atomic E-state index is 0.187. The molecule has 1 fully saturated rings. The van der Waals surface area contributed by atoms with E-state index in [0.717, 1.165) is 12.0 Å². The summed E-state index contributed by atoms with van der Waals surface area (Å²) in [7, 11) is 0. The van der Waals surface area contributed by atoms with Crippen LogP contribution in [0.5, 0.6) is 0 Å². The van der Waals surface area contributed by atoms with Crippen LogP contribution in [0.25, 0.3) is 5.82 Å². The average Bonchev–Trinajstić information content (AvgIpc) is 3.47. The molecule has 0 spiro atoms. The first kappa shape index (κ1) is 18.8. The third-order valence-corrected chi connectivity index (χ3v) is 4.56. The molecule has 29 heavy (non-hydrogen) atoms. The highest BCUT2D eigenvalue weighted by atomic mass is 16.5. The molecule has 2 aromatic heterocycles. The maximum absolute atomic E-state index is 12.6. The van der Waals surface area contributed by atoms with Gasteiger partial charge in [-0.3, -0.25) is 9.59 Å². The maximum Gasteiger partial charge on any atom is 0.253 e. The Hall–Kier alpha value is -3.59. The van der Waals surface area contributed by atoms with Crippen molar-refractivity contribution in [2.24, 2.45) is 0 Å². The number of amides is 2. The summed E-state index contributed by atoms with van der Waals surface area (Å²) in [5.74, 6) is 0.155. The van der Waals surface area contributed by atoms with Gasteiger partial charge in [-0.25, -0.2) is 14.6 Å². The van der Waals surface area contributed by atoms with Crippen molar-refractivity contribution in [3.05, 3.63) is 66.4 Å². The molecule has 1 aliphatic rings. The summed E-state index contributed by atoms with van der Waals surface area (Å²) in [6.07, 6.45) is 5.80. The van der Waals surface area contributed by atoms with Crippen molar-refractivity contribution < 1.29 is 14.3 Å². The standard InChI is InChI=1S/C20H20N6O3/c27-19(23-11-15-5-2-8-22-18(15)26-13-21-12-24-26)14-4-1-6-16(10-14)25-20(28)17-7-3-9-29-17/h1-2,4-6,8,10,12-13,17H,3,7,9,11H2,(H,23,27)(H,25,28)/t17-/m1/s1. The second-order valence-corrected chi connectivity index (χ2v) is 6.58. The summed E-state index contributed by atoms with van der Waals surface area (Å²) in [5, 5.41) is 9.77. The quantitative estimate of drug-likeness (QED) is 0.661. The molecule has 9 heteroatoms. The van der Waals surface area contributed by atoms with Crippen molar-refractivity contribution in [2.75, 3.05) is 11.9 Å². The largest absolute Gasteiger partial charge is 0.368 e. The van der Waals surface area contributed by atoms with Gasteiger partial charge in [-0.15, -0.1) is 0 Å². The van der Waals surface area contributed by atoms with Crippen LogP contribution in [0.1, 0.15) is 28.8 Å². The molecule has 0 aliphatic carbocycles. The van der Waals surface area contributed by atoms with Crippen LogP contribution in [0.15, 0.2) is 55.2 Å². The molecule has 2 N–H and O–H groups in total. The lowest BCUT2D eigenvalue weighted by Gasteiger charge is -2.12. The summed E-state index contributed by atoms with van der Waals surface area (Å²) in [6.45, 7) is 0.875. The number of carbonyl (C=O) groups excluding carboxylic acids is 2. The second kappa shape index (κ2) is 8.61. The van der Waals surface area contributed by atoms with Crippen molar-refractivity contribution in [1.29, 1.82) is 0 Å². The number of aromatic nitrogens is 4. The highest BCUT2D eigenvalue weighted by molar-refractivity contribution is 5.98. The molecule has 0 bridgehead atoms. The van der Waals surface area contributed by atoms with E-state index in [0.29, 0.717) is 30.1 Å². The number of rotatable bonds is 6. The zero-order valence-electron chi connectivity index (χ0n) is 15.6. The fourth-order valence-electron chi connectivity index (χ4n) is 3.12. The topological polar surface area (TPSA) is 111 Å². The van der Waals surface area contributed by atoms with Gasteiger partial charge in [-0.05, 0) is 37.1 Å². The Morgan fingerprint density at radius 2 is 2.17 bits per heavy atom. The molecule has 1 saturated heterocycles. The molecule has 1 aromatic carbocycles. The number of ether oxygens (including phenoxy) is 1. The first-order valence-corrected chi connectivity index (χ1v) is 9.30. The van der Waals surface area contributed by atoms with Crippen molar-refractivity contribution in [2.45, 2.75) is 25.5 Å². The van der Waals surface area contributed by atoms with Crippen LogP contribution in [-0.2, 0) is 16.1 Å². The van der Waals surface area contributed by atoms with E-state index in [1.165, 1.54) is 6.33 Å². The van der Waals surface area contributed by atoms with E-state index in [1.807, 2.05) is 6.07 Å². The van der Waals surface area contributed by atoms with Gasteiger partial charge in [0.25, 0.3) is 11.8 Å². The zero-order chi connectivity index (χ0) is 20.1. The van der Waals surface area contributed by atoms with Gasteiger partial charge in [-0.2, -0.15) is 5.10 Å². The molecule has 0 unspecified atom stereocenters. The summed E-state index contributed by atoms with van der Waals surface area (Å²) in [4.78, 5) is 33.0. The number of hydrogen-bond acceptors (Lipinski definition) is 6. The summed E-state index contributed by atoms with van der Waals surface area (Å²) in [6, 6.07) is 10.5. The van der Waals surface area contributed by atoms with Gasteiger partial charge in [0.1, 0.15) is 18.8 Å². The van der Waals surface area contributed by atoms with Crippen LogP contribution in [-0.4, -0.2) is 44.3 Å². The first-order chi connectivity index (χ1) is 14.2. The molecule has 9 nitrogen and oxygen atoms in total. The minimum atomic E-state index is -0.423. The SMILES string of the molecule is O=C(NCc1cccnc1-n1cncn1)c1cccc(NC(=O)[C@H]2CCCO2)c1. The highest BCUT2D eigenvalue weighted by Crippen LogP contribution is 2.16. The fourth-order valence-corrected chi connectivity index (χ4v) is 3.12. The van der Waals surface area contributed by atoms with Crippen LogP contribution in [0.4, 0.5) is 5.69 Å². The molecule has 4 rings (SSSR count). The molecular formula is C20H20N6O3. The fraction of sp³-hybridized carbons (Fsp3) is 0.250. The molecule has 1 atom stereocenters. The zero-order valence-corrected chi connectivity index (χ0v) is 15.6. The number of benzene rings is 1. The van der Waals surface area contributed by atoms with Crippen LogP contribution < -0.4 is 10.6 Å². The second-order valence-electron chi connectivity index (χ2n) is 6.58. The minimum Gasteiger partial charge on any atom is -0.368 e. The number of carbonyl (C=O) groups is 2. The molecule has 3 aromatic rings. The predicted octanol–water partition coefficient (Wildman–Crippen LogP) is 1.71. The van der Waals surface area contributed by atoms with Gasteiger partial charge in [0.2, 0.25) is 0 Å². The van der Waals surface area contributed by atoms with Gasteiger partial charge >= 0.3 is 0 Å². The van der Waals surface area contributed by atoms with E-state index < -0.39 is 6.10 Å². The number of anilines is 1.